The van der Waals surface area contributed by atoms with Gasteiger partial charge in [0.05, 0.1) is 5.56 Å². The quantitative estimate of drug-likeness (QED) is 0.620. The molecule has 0 atom stereocenters. The Morgan fingerprint density at radius 1 is 1.70 bits per heavy atom. The predicted octanol–water partition coefficient (Wildman–Crippen LogP) is 2.62. The summed E-state index contributed by atoms with van der Waals surface area (Å²) in [7, 11) is 0. The van der Waals surface area contributed by atoms with Gasteiger partial charge in [0.25, 0.3) is 5.24 Å². The average molecular weight is 179 g/mol. The molecule has 0 radical (unpaired) electrons. The first-order chi connectivity index (χ1) is 4.61. The van der Waals surface area contributed by atoms with E-state index in [1.165, 1.54) is 6.07 Å². The average Bonchev–Trinajstić information content (AvgIpc) is 2.10. The van der Waals surface area contributed by atoms with E-state index in [4.69, 9.17) is 27.6 Å². The van der Waals surface area contributed by atoms with Gasteiger partial charge < -0.3 is 4.42 Å². The number of carbonyl (C=O) groups is 1. The SMILES string of the molecule is Cc1oc(Cl)cc1C(=O)Cl. The Hall–Kier alpha value is -0.470. The highest BCUT2D eigenvalue weighted by Gasteiger charge is 2.10. The summed E-state index contributed by atoms with van der Waals surface area (Å²) in [5.74, 6) is 0.449. The molecule has 0 fully saturated rings. The van der Waals surface area contributed by atoms with Crippen molar-refractivity contribution in [2.75, 3.05) is 0 Å². The molecule has 0 unspecified atom stereocenters. The summed E-state index contributed by atoms with van der Waals surface area (Å²) >= 11 is 10.6. The smallest absolute Gasteiger partial charge is 0.255 e. The van der Waals surface area contributed by atoms with Crippen LogP contribution in [0.15, 0.2) is 10.5 Å². The summed E-state index contributed by atoms with van der Waals surface area (Å²) in [4.78, 5) is 10.5. The molecule has 0 amide bonds. The van der Waals surface area contributed by atoms with E-state index >= 15 is 0 Å². The first kappa shape index (κ1) is 7.63. The molecule has 0 aliphatic heterocycles. The van der Waals surface area contributed by atoms with Gasteiger partial charge in [0.2, 0.25) is 0 Å². The maximum atomic E-state index is 10.5. The molecule has 54 valence electrons. The Morgan fingerprint density at radius 3 is 2.50 bits per heavy atom. The van der Waals surface area contributed by atoms with Crippen molar-refractivity contribution in [2.24, 2.45) is 0 Å². The van der Waals surface area contributed by atoms with Gasteiger partial charge >= 0.3 is 0 Å². The predicted molar refractivity (Wildman–Crippen MR) is 38.6 cm³/mol. The Labute approximate surface area is 67.7 Å². The zero-order valence-electron chi connectivity index (χ0n) is 5.15. The van der Waals surface area contributed by atoms with Crippen LogP contribution in [0.5, 0.6) is 0 Å². The largest absolute Gasteiger partial charge is 0.449 e. The molecule has 0 N–H and O–H groups in total. The van der Waals surface area contributed by atoms with Crippen LogP contribution in [0.1, 0.15) is 16.1 Å². The summed E-state index contributed by atoms with van der Waals surface area (Å²) in [5.41, 5.74) is 0.326. The molecule has 0 saturated carbocycles. The van der Waals surface area contributed by atoms with Gasteiger partial charge in [-0.3, -0.25) is 4.79 Å². The van der Waals surface area contributed by atoms with Gasteiger partial charge in [-0.25, -0.2) is 0 Å². The zero-order chi connectivity index (χ0) is 7.72. The van der Waals surface area contributed by atoms with Crippen LogP contribution >= 0.6 is 23.2 Å². The molecule has 4 heteroatoms. The maximum absolute atomic E-state index is 10.5. The normalized spacial score (nSPS) is 9.90. The number of carbonyl (C=O) groups excluding carboxylic acids is 1. The molecule has 10 heavy (non-hydrogen) atoms. The van der Waals surface area contributed by atoms with Crippen molar-refractivity contribution in [2.45, 2.75) is 6.92 Å². The standard InChI is InChI=1S/C6H4Cl2O2/c1-3-4(6(8)9)2-5(7)10-3/h2H,1H3. The van der Waals surface area contributed by atoms with Crippen LogP contribution in [0.2, 0.25) is 5.22 Å². The lowest BCUT2D eigenvalue weighted by molar-refractivity contribution is 0.108. The number of hydrogen-bond donors (Lipinski definition) is 0. The second-order valence-corrected chi connectivity index (χ2v) is 2.51. The van der Waals surface area contributed by atoms with Gasteiger partial charge in [-0.1, -0.05) is 0 Å². The molecule has 1 aromatic heterocycles. The zero-order valence-corrected chi connectivity index (χ0v) is 6.66. The summed E-state index contributed by atoms with van der Waals surface area (Å²) in [6.45, 7) is 1.63. The number of aryl methyl sites for hydroxylation is 1. The Bertz CT molecular complexity index is 265. The van der Waals surface area contributed by atoms with Crippen molar-refractivity contribution < 1.29 is 9.21 Å². The van der Waals surface area contributed by atoms with Crippen LogP contribution in [0.4, 0.5) is 0 Å². The van der Waals surface area contributed by atoms with Crippen LogP contribution in [0, 0.1) is 6.92 Å². The van der Waals surface area contributed by atoms with Crippen molar-refractivity contribution in [1.29, 1.82) is 0 Å². The van der Waals surface area contributed by atoms with Crippen molar-refractivity contribution in [3.63, 3.8) is 0 Å². The Morgan fingerprint density at radius 2 is 2.30 bits per heavy atom. The van der Waals surface area contributed by atoms with Crippen molar-refractivity contribution in [1.82, 2.24) is 0 Å². The van der Waals surface area contributed by atoms with Gasteiger partial charge in [-0.05, 0) is 30.1 Å². The van der Waals surface area contributed by atoms with Crippen LogP contribution in [-0.2, 0) is 0 Å². The second-order valence-electron chi connectivity index (χ2n) is 1.79. The minimum absolute atomic E-state index is 0.182. The van der Waals surface area contributed by atoms with E-state index in [2.05, 4.69) is 0 Å². The van der Waals surface area contributed by atoms with E-state index < -0.39 is 5.24 Å². The molecule has 1 aromatic rings. The van der Waals surface area contributed by atoms with Crippen LogP contribution < -0.4 is 0 Å². The third kappa shape index (κ3) is 1.33. The molecular weight excluding hydrogens is 175 g/mol. The molecule has 2 nitrogen and oxygen atoms in total. The molecule has 1 heterocycles. The molecule has 0 saturated heterocycles. The molecule has 0 aromatic carbocycles. The van der Waals surface area contributed by atoms with Gasteiger partial charge in [0.1, 0.15) is 5.76 Å². The minimum atomic E-state index is -0.548. The first-order valence-corrected chi connectivity index (χ1v) is 3.32. The summed E-state index contributed by atoms with van der Waals surface area (Å²) < 4.78 is 4.84. The third-order valence-corrected chi connectivity index (χ3v) is 1.49. The fraction of sp³-hybridized carbons (Fsp3) is 0.167. The number of hydrogen-bond acceptors (Lipinski definition) is 2. The molecule has 0 spiro atoms. The Balaban J connectivity index is 3.15. The van der Waals surface area contributed by atoms with E-state index in [0.29, 0.717) is 11.3 Å². The van der Waals surface area contributed by atoms with Crippen molar-refractivity contribution >= 4 is 28.4 Å². The fourth-order valence-corrected chi connectivity index (χ4v) is 1.05. The van der Waals surface area contributed by atoms with E-state index in [0.717, 1.165) is 0 Å². The third-order valence-electron chi connectivity index (χ3n) is 1.10. The number of halogens is 2. The van der Waals surface area contributed by atoms with Crippen molar-refractivity contribution in [3.8, 4) is 0 Å². The highest BCUT2D eigenvalue weighted by Crippen LogP contribution is 2.19. The summed E-state index contributed by atoms with van der Waals surface area (Å²) in [6, 6.07) is 1.40. The highest BCUT2D eigenvalue weighted by atomic mass is 35.5. The van der Waals surface area contributed by atoms with Crippen LogP contribution in [0.25, 0.3) is 0 Å². The molecule has 0 aliphatic rings. The van der Waals surface area contributed by atoms with E-state index in [-0.39, 0.29) is 5.22 Å². The number of rotatable bonds is 1. The van der Waals surface area contributed by atoms with E-state index in [1.807, 2.05) is 0 Å². The lowest BCUT2D eigenvalue weighted by Gasteiger charge is -1.84. The minimum Gasteiger partial charge on any atom is -0.449 e. The van der Waals surface area contributed by atoms with Gasteiger partial charge in [-0.2, -0.15) is 0 Å². The van der Waals surface area contributed by atoms with Crippen LogP contribution in [0.3, 0.4) is 0 Å². The Kier molecular flexibility index (Phi) is 2.02. The van der Waals surface area contributed by atoms with Gasteiger partial charge in [0, 0.05) is 6.07 Å². The second kappa shape index (κ2) is 2.64. The monoisotopic (exact) mass is 178 g/mol. The molecule has 0 aliphatic carbocycles. The first-order valence-electron chi connectivity index (χ1n) is 2.57. The highest BCUT2D eigenvalue weighted by molar-refractivity contribution is 6.68. The summed E-state index contributed by atoms with van der Waals surface area (Å²) in [6.07, 6.45) is 0. The fourth-order valence-electron chi connectivity index (χ4n) is 0.641. The molecular formula is C6H4Cl2O2. The topological polar surface area (TPSA) is 30.2 Å². The molecule has 0 bridgehead atoms. The van der Waals surface area contributed by atoms with E-state index in [1.54, 1.807) is 6.92 Å². The molecule has 1 rings (SSSR count). The van der Waals surface area contributed by atoms with Gasteiger partial charge in [0.15, 0.2) is 5.22 Å². The van der Waals surface area contributed by atoms with Gasteiger partial charge in [-0.15, -0.1) is 0 Å². The lowest BCUT2D eigenvalue weighted by atomic mass is 10.3. The maximum Gasteiger partial charge on any atom is 0.255 e. The van der Waals surface area contributed by atoms with E-state index in [9.17, 15) is 4.79 Å². The summed E-state index contributed by atoms with van der Waals surface area (Å²) in [5, 5.41) is -0.366. The lowest BCUT2D eigenvalue weighted by Crippen LogP contribution is -1.86. The van der Waals surface area contributed by atoms with Crippen molar-refractivity contribution in [3.05, 3.63) is 22.6 Å². The number of furan rings is 1. The van der Waals surface area contributed by atoms with Crippen LogP contribution in [-0.4, -0.2) is 5.24 Å².